The molecule has 0 unspecified atom stereocenters. The van der Waals surface area contributed by atoms with Gasteiger partial charge in [0.2, 0.25) is 3.83 Å². The van der Waals surface area contributed by atoms with Gasteiger partial charge in [-0.2, -0.15) is 4.37 Å². The summed E-state index contributed by atoms with van der Waals surface area (Å²) in [5.74, 6) is 0. The van der Waals surface area contributed by atoms with E-state index in [9.17, 15) is 0 Å². The van der Waals surface area contributed by atoms with Crippen LogP contribution in [0.4, 0.5) is 0 Å². The highest BCUT2D eigenvalue weighted by molar-refractivity contribution is 14.1. The second kappa shape index (κ2) is 5.03. The Morgan fingerprint density at radius 1 is 1.33 bits per heavy atom. The molecule has 0 saturated carbocycles. The van der Waals surface area contributed by atoms with Gasteiger partial charge in [0.25, 0.3) is 0 Å². The molecule has 2 aromatic rings. The molecule has 2 nitrogen and oxygen atoms in total. The van der Waals surface area contributed by atoms with Crippen molar-refractivity contribution in [3.05, 3.63) is 44.2 Å². The molecule has 0 fully saturated rings. The largest absolute Gasteiger partial charge is 0.215 e. The summed E-state index contributed by atoms with van der Waals surface area (Å²) in [6, 6.07) is 8.62. The molecule has 0 bridgehead atoms. The van der Waals surface area contributed by atoms with E-state index in [2.05, 4.69) is 63.1 Å². The summed E-state index contributed by atoms with van der Waals surface area (Å²) in [5, 5.41) is 1.13. The topological polar surface area (TPSA) is 25.8 Å². The standard InChI is InChI=1S/C11H11IN2S/c1-8-3-2-4-9(7-8)5-6-10-13-11(12)14-15-10/h2-4,7H,5-6H2,1H3. The van der Waals surface area contributed by atoms with Gasteiger partial charge in [-0.25, -0.2) is 4.98 Å². The van der Waals surface area contributed by atoms with Gasteiger partial charge < -0.3 is 0 Å². The van der Waals surface area contributed by atoms with Crippen molar-refractivity contribution in [3.63, 3.8) is 0 Å². The van der Waals surface area contributed by atoms with E-state index >= 15 is 0 Å². The fourth-order valence-corrected chi connectivity index (χ4v) is 2.75. The fraction of sp³-hybridized carbons (Fsp3) is 0.273. The van der Waals surface area contributed by atoms with E-state index in [1.54, 1.807) is 0 Å². The van der Waals surface area contributed by atoms with Crippen LogP contribution >= 0.6 is 34.1 Å². The maximum Gasteiger partial charge on any atom is 0.203 e. The van der Waals surface area contributed by atoms with E-state index in [0.29, 0.717) is 0 Å². The highest BCUT2D eigenvalue weighted by Crippen LogP contribution is 2.11. The third-order valence-electron chi connectivity index (χ3n) is 2.15. The molecule has 0 amide bonds. The van der Waals surface area contributed by atoms with E-state index < -0.39 is 0 Å². The monoisotopic (exact) mass is 330 g/mol. The number of hydrogen-bond donors (Lipinski definition) is 0. The van der Waals surface area contributed by atoms with Crippen molar-refractivity contribution in [2.75, 3.05) is 0 Å². The van der Waals surface area contributed by atoms with Crippen LogP contribution in [0.1, 0.15) is 16.1 Å². The second-order valence-corrected chi connectivity index (χ2v) is 5.25. The van der Waals surface area contributed by atoms with Gasteiger partial charge in [0.05, 0.1) is 0 Å². The maximum absolute atomic E-state index is 4.34. The van der Waals surface area contributed by atoms with Gasteiger partial charge in [0.15, 0.2) is 0 Å². The first-order valence-corrected chi connectivity index (χ1v) is 6.63. The lowest BCUT2D eigenvalue weighted by molar-refractivity contribution is 0.936. The van der Waals surface area contributed by atoms with Crippen LogP contribution in [0.5, 0.6) is 0 Å². The summed E-state index contributed by atoms with van der Waals surface area (Å²) < 4.78 is 5.02. The lowest BCUT2D eigenvalue weighted by atomic mass is 10.1. The van der Waals surface area contributed by atoms with Gasteiger partial charge in [-0.15, -0.1) is 0 Å². The number of rotatable bonds is 3. The van der Waals surface area contributed by atoms with Crippen molar-refractivity contribution in [1.29, 1.82) is 0 Å². The third kappa shape index (κ3) is 3.24. The Balaban J connectivity index is 1.99. The summed E-state index contributed by atoms with van der Waals surface area (Å²) in [4.78, 5) is 4.34. The van der Waals surface area contributed by atoms with Crippen molar-refractivity contribution in [2.24, 2.45) is 0 Å². The first-order valence-electron chi connectivity index (χ1n) is 4.77. The highest BCUT2D eigenvalue weighted by atomic mass is 127. The maximum atomic E-state index is 4.34. The van der Waals surface area contributed by atoms with Crippen LogP contribution in [0, 0.1) is 10.8 Å². The number of hydrogen-bond acceptors (Lipinski definition) is 3. The van der Waals surface area contributed by atoms with E-state index in [0.717, 1.165) is 21.7 Å². The molecular formula is C11H11IN2S. The Kier molecular flexibility index (Phi) is 3.69. The van der Waals surface area contributed by atoms with Gasteiger partial charge in [0, 0.05) is 29.0 Å². The molecule has 0 spiro atoms. The first kappa shape index (κ1) is 11.0. The minimum atomic E-state index is 0.858. The van der Waals surface area contributed by atoms with Crippen LogP contribution in [-0.2, 0) is 12.8 Å². The number of aryl methyl sites for hydroxylation is 3. The molecule has 15 heavy (non-hydrogen) atoms. The van der Waals surface area contributed by atoms with Gasteiger partial charge in [-0.05, 0) is 30.4 Å². The summed E-state index contributed by atoms with van der Waals surface area (Å²) in [7, 11) is 0. The number of aromatic nitrogens is 2. The predicted molar refractivity (Wildman–Crippen MR) is 71.2 cm³/mol. The van der Waals surface area contributed by atoms with Gasteiger partial charge >= 0.3 is 0 Å². The molecule has 0 N–H and O–H groups in total. The Labute approximate surface area is 107 Å². The molecule has 0 radical (unpaired) electrons. The molecule has 2 rings (SSSR count). The highest BCUT2D eigenvalue weighted by Gasteiger charge is 2.01. The summed E-state index contributed by atoms with van der Waals surface area (Å²) >= 11 is 3.65. The summed E-state index contributed by atoms with van der Waals surface area (Å²) in [6.07, 6.45) is 2.04. The Hall–Kier alpha value is -0.490. The van der Waals surface area contributed by atoms with Crippen LogP contribution in [0.3, 0.4) is 0 Å². The first-order chi connectivity index (χ1) is 7.24. The molecule has 1 aromatic heterocycles. The Bertz CT molecular complexity index is 453. The fourth-order valence-electron chi connectivity index (χ4n) is 1.45. The molecule has 0 saturated heterocycles. The van der Waals surface area contributed by atoms with Crippen LogP contribution < -0.4 is 0 Å². The smallest absolute Gasteiger partial charge is 0.203 e. The molecule has 1 aromatic carbocycles. The Morgan fingerprint density at radius 2 is 2.20 bits per heavy atom. The zero-order valence-corrected chi connectivity index (χ0v) is 11.4. The molecule has 0 aliphatic heterocycles. The van der Waals surface area contributed by atoms with E-state index in [1.807, 2.05) is 0 Å². The van der Waals surface area contributed by atoms with Gasteiger partial charge in [0.1, 0.15) is 5.01 Å². The molecule has 0 aliphatic carbocycles. The molecule has 0 aliphatic rings. The van der Waals surface area contributed by atoms with Crippen molar-refractivity contribution < 1.29 is 0 Å². The molecular weight excluding hydrogens is 319 g/mol. The van der Waals surface area contributed by atoms with Crippen LogP contribution in [0.2, 0.25) is 0 Å². The predicted octanol–water partition coefficient (Wildman–Crippen LogP) is 3.24. The van der Waals surface area contributed by atoms with Crippen molar-refractivity contribution in [1.82, 2.24) is 9.36 Å². The average Bonchev–Trinajstić information content (AvgIpc) is 2.62. The zero-order valence-electron chi connectivity index (χ0n) is 8.40. The third-order valence-corrected chi connectivity index (χ3v) is 3.73. The van der Waals surface area contributed by atoms with E-state index in [-0.39, 0.29) is 0 Å². The SMILES string of the molecule is Cc1cccc(CCc2nc(I)ns2)c1. The van der Waals surface area contributed by atoms with E-state index in [4.69, 9.17) is 0 Å². The second-order valence-electron chi connectivity index (χ2n) is 3.45. The van der Waals surface area contributed by atoms with Gasteiger partial charge in [-0.3, -0.25) is 0 Å². The lowest BCUT2D eigenvalue weighted by Gasteiger charge is -1.99. The van der Waals surface area contributed by atoms with Crippen LogP contribution in [-0.4, -0.2) is 9.36 Å². The van der Waals surface area contributed by atoms with Gasteiger partial charge in [-0.1, -0.05) is 29.8 Å². The van der Waals surface area contributed by atoms with Crippen molar-refractivity contribution >= 4 is 34.1 Å². The van der Waals surface area contributed by atoms with Crippen LogP contribution in [0.15, 0.2) is 24.3 Å². The van der Waals surface area contributed by atoms with E-state index in [1.165, 1.54) is 22.7 Å². The summed E-state index contributed by atoms with van der Waals surface area (Å²) in [6.45, 7) is 2.12. The normalized spacial score (nSPS) is 10.5. The minimum absolute atomic E-state index is 0.858. The lowest BCUT2D eigenvalue weighted by Crippen LogP contribution is -1.91. The quantitative estimate of drug-likeness (QED) is 0.808. The molecule has 4 heteroatoms. The minimum Gasteiger partial charge on any atom is -0.215 e. The molecule has 0 atom stereocenters. The number of nitrogens with zero attached hydrogens (tertiary/aromatic N) is 2. The number of halogens is 1. The molecule has 78 valence electrons. The summed E-state index contributed by atoms with van der Waals surface area (Å²) in [5.41, 5.74) is 2.69. The average molecular weight is 330 g/mol. The van der Waals surface area contributed by atoms with Crippen LogP contribution in [0.25, 0.3) is 0 Å². The number of benzene rings is 1. The Morgan fingerprint density at radius 3 is 2.87 bits per heavy atom. The zero-order chi connectivity index (χ0) is 10.7. The van der Waals surface area contributed by atoms with Crippen molar-refractivity contribution in [3.8, 4) is 0 Å². The molecule has 1 heterocycles. The van der Waals surface area contributed by atoms with Crippen molar-refractivity contribution in [2.45, 2.75) is 19.8 Å².